The number of H-pyrrole nitrogens is 1. The summed E-state index contributed by atoms with van der Waals surface area (Å²) in [5.74, 6) is 0.285. The third-order valence-electron chi connectivity index (χ3n) is 4.79. The molecule has 0 spiro atoms. The fraction of sp³-hybridized carbons (Fsp3) is 0.471. The predicted octanol–water partition coefficient (Wildman–Crippen LogP) is 2.15. The predicted molar refractivity (Wildman–Crippen MR) is 83.1 cm³/mol. The van der Waals surface area contributed by atoms with E-state index in [1.807, 2.05) is 4.90 Å². The number of carbonyl (C=O) groups excluding carboxylic acids is 1. The molecule has 1 aromatic heterocycles. The third kappa shape index (κ3) is 2.33. The van der Waals surface area contributed by atoms with Crippen molar-refractivity contribution in [1.82, 2.24) is 14.8 Å². The van der Waals surface area contributed by atoms with Crippen LogP contribution >= 0.6 is 0 Å². The van der Waals surface area contributed by atoms with E-state index in [4.69, 9.17) is 0 Å². The second kappa shape index (κ2) is 5.19. The molecule has 2 aliphatic rings. The van der Waals surface area contributed by atoms with Gasteiger partial charge in [0.15, 0.2) is 0 Å². The maximum atomic E-state index is 12.5. The Morgan fingerprint density at radius 2 is 1.95 bits per heavy atom. The van der Waals surface area contributed by atoms with Crippen LogP contribution in [0.25, 0.3) is 10.9 Å². The van der Waals surface area contributed by atoms with E-state index in [0.717, 1.165) is 32.6 Å². The largest absolute Gasteiger partial charge is 0.358 e. The van der Waals surface area contributed by atoms with E-state index in [9.17, 15) is 4.79 Å². The molecular formula is C17H21N3O. The van der Waals surface area contributed by atoms with E-state index in [1.165, 1.54) is 35.0 Å². The summed E-state index contributed by atoms with van der Waals surface area (Å²) >= 11 is 0. The van der Waals surface area contributed by atoms with Crippen molar-refractivity contribution in [2.45, 2.75) is 25.8 Å². The molecule has 1 fully saturated rings. The molecular weight excluding hydrogens is 262 g/mol. The first-order valence-corrected chi connectivity index (χ1v) is 7.90. The average molecular weight is 283 g/mol. The van der Waals surface area contributed by atoms with Gasteiger partial charge in [-0.25, -0.2) is 0 Å². The summed E-state index contributed by atoms with van der Waals surface area (Å²) in [4.78, 5) is 20.3. The van der Waals surface area contributed by atoms with E-state index >= 15 is 0 Å². The van der Waals surface area contributed by atoms with Gasteiger partial charge in [0.25, 0.3) is 0 Å². The standard InChI is InChI=1S/C17H21N3O/c21-17(12-19-8-3-4-9-19)20-10-7-16-14(11-20)13-5-1-2-6-15(13)18-16/h1-2,5-6,18H,3-4,7-12H2. The topological polar surface area (TPSA) is 39.3 Å². The summed E-state index contributed by atoms with van der Waals surface area (Å²) in [7, 11) is 0. The van der Waals surface area contributed by atoms with Crippen LogP contribution in [0, 0.1) is 0 Å². The number of carbonyl (C=O) groups is 1. The van der Waals surface area contributed by atoms with Crippen molar-refractivity contribution in [3.63, 3.8) is 0 Å². The van der Waals surface area contributed by atoms with Gasteiger partial charge in [-0.2, -0.15) is 0 Å². The lowest BCUT2D eigenvalue weighted by atomic mass is 10.0. The van der Waals surface area contributed by atoms with Gasteiger partial charge in [0.2, 0.25) is 5.91 Å². The number of likely N-dealkylation sites (tertiary alicyclic amines) is 1. The van der Waals surface area contributed by atoms with Crippen LogP contribution < -0.4 is 0 Å². The highest BCUT2D eigenvalue weighted by molar-refractivity contribution is 5.86. The maximum absolute atomic E-state index is 12.5. The molecule has 0 aliphatic carbocycles. The van der Waals surface area contributed by atoms with Gasteiger partial charge in [-0.3, -0.25) is 9.69 Å². The molecule has 2 aromatic rings. The zero-order valence-corrected chi connectivity index (χ0v) is 12.3. The summed E-state index contributed by atoms with van der Waals surface area (Å²) in [6, 6.07) is 8.39. The normalized spacial score (nSPS) is 19.1. The van der Waals surface area contributed by atoms with Crippen molar-refractivity contribution >= 4 is 16.8 Å². The molecule has 4 heteroatoms. The van der Waals surface area contributed by atoms with Crippen molar-refractivity contribution in [3.05, 3.63) is 35.5 Å². The zero-order valence-electron chi connectivity index (χ0n) is 12.3. The zero-order chi connectivity index (χ0) is 14.2. The van der Waals surface area contributed by atoms with Crippen molar-refractivity contribution in [2.75, 3.05) is 26.2 Å². The molecule has 0 saturated carbocycles. The first kappa shape index (κ1) is 12.9. The van der Waals surface area contributed by atoms with E-state index in [1.54, 1.807) is 0 Å². The highest BCUT2D eigenvalue weighted by Gasteiger charge is 2.25. The number of aromatic nitrogens is 1. The fourth-order valence-electron chi connectivity index (χ4n) is 3.61. The quantitative estimate of drug-likeness (QED) is 0.917. The molecule has 0 radical (unpaired) electrons. The highest BCUT2D eigenvalue weighted by atomic mass is 16.2. The van der Waals surface area contributed by atoms with Gasteiger partial charge in [-0.15, -0.1) is 0 Å². The molecule has 1 saturated heterocycles. The highest BCUT2D eigenvalue weighted by Crippen LogP contribution is 2.27. The second-order valence-corrected chi connectivity index (χ2v) is 6.18. The minimum Gasteiger partial charge on any atom is -0.358 e. The minimum atomic E-state index is 0.285. The van der Waals surface area contributed by atoms with E-state index in [0.29, 0.717) is 6.54 Å². The molecule has 1 amide bonds. The number of hydrogen-bond donors (Lipinski definition) is 1. The number of benzene rings is 1. The number of hydrogen-bond acceptors (Lipinski definition) is 2. The van der Waals surface area contributed by atoms with Gasteiger partial charge in [0, 0.05) is 41.7 Å². The molecule has 0 bridgehead atoms. The van der Waals surface area contributed by atoms with Gasteiger partial charge in [0.05, 0.1) is 6.54 Å². The molecule has 1 N–H and O–H groups in total. The fourth-order valence-corrected chi connectivity index (χ4v) is 3.61. The Kier molecular flexibility index (Phi) is 3.19. The Balaban J connectivity index is 1.54. The van der Waals surface area contributed by atoms with Crippen LogP contribution in [-0.4, -0.2) is 46.9 Å². The van der Waals surface area contributed by atoms with Gasteiger partial charge >= 0.3 is 0 Å². The smallest absolute Gasteiger partial charge is 0.237 e. The third-order valence-corrected chi connectivity index (χ3v) is 4.79. The van der Waals surface area contributed by atoms with Crippen LogP contribution in [0.5, 0.6) is 0 Å². The molecule has 1 aromatic carbocycles. The Labute approximate surface area is 124 Å². The number of aromatic amines is 1. The van der Waals surface area contributed by atoms with Crippen molar-refractivity contribution < 1.29 is 4.79 Å². The van der Waals surface area contributed by atoms with Crippen LogP contribution in [0.1, 0.15) is 24.1 Å². The van der Waals surface area contributed by atoms with Crippen LogP contribution in [0.2, 0.25) is 0 Å². The number of rotatable bonds is 2. The van der Waals surface area contributed by atoms with E-state index in [2.05, 4.69) is 34.1 Å². The summed E-state index contributed by atoms with van der Waals surface area (Å²) in [5, 5.41) is 1.27. The molecule has 21 heavy (non-hydrogen) atoms. The van der Waals surface area contributed by atoms with Gasteiger partial charge in [0.1, 0.15) is 0 Å². The van der Waals surface area contributed by atoms with Crippen molar-refractivity contribution in [2.24, 2.45) is 0 Å². The Hall–Kier alpha value is -1.81. The lowest BCUT2D eigenvalue weighted by Crippen LogP contribution is -2.41. The van der Waals surface area contributed by atoms with Crippen LogP contribution in [0.4, 0.5) is 0 Å². The molecule has 110 valence electrons. The summed E-state index contributed by atoms with van der Waals surface area (Å²) in [5.41, 5.74) is 3.81. The first-order chi connectivity index (χ1) is 10.3. The summed E-state index contributed by atoms with van der Waals surface area (Å²) in [6.07, 6.45) is 3.41. The number of nitrogens with zero attached hydrogens (tertiary/aromatic N) is 2. The molecule has 2 aliphatic heterocycles. The Bertz CT molecular complexity index is 670. The lowest BCUT2D eigenvalue weighted by molar-refractivity contribution is -0.133. The summed E-state index contributed by atoms with van der Waals surface area (Å²) in [6.45, 7) is 4.35. The van der Waals surface area contributed by atoms with Gasteiger partial charge in [-0.05, 0) is 32.0 Å². The minimum absolute atomic E-state index is 0.285. The van der Waals surface area contributed by atoms with Crippen molar-refractivity contribution in [3.8, 4) is 0 Å². The van der Waals surface area contributed by atoms with Crippen LogP contribution in [0.3, 0.4) is 0 Å². The number of nitrogens with one attached hydrogen (secondary N) is 1. The van der Waals surface area contributed by atoms with Gasteiger partial charge in [-0.1, -0.05) is 18.2 Å². The lowest BCUT2D eigenvalue weighted by Gasteiger charge is -2.29. The monoisotopic (exact) mass is 283 g/mol. The molecule has 4 rings (SSSR count). The second-order valence-electron chi connectivity index (χ2n) is 6.18. The molecule has 3 heterocycles. The number of para-hydroxylation sites is 1. The average Bonchev–Trinajstić information content (AvgIpc) is 3.13. The van der Waals surface area contributed by atoms with Crippen LogP contribution in [0.15, 0.2) is 24.3 Å². The molecule has 0 unspecified atom stereocenters. The molecule has 4 nitrogen and oxygen atoms in total. The summed E-state index contributed by atoms with van der Waals surface area (Å²) < 4.78 is 0. The first-order valence-electron chi connectivity index (χ1n) is 7.90. The Morgan fingerprint density at radius 1 is 1.14 bits per heavy atom. The number of amides is 1. The van der Waals surface area contributed by atoms with Crippen molar-refractivity contribution in [1.29, 1.82) is 0 Å². The molecule has 0 atom stereocenters. The number of fused-ring (bicyclic) bond motifs is 3. The van der Waals surface area contributed by atoms with Crippen LogP contribution in [-0.2, 0) is 17.8 Å². The maximum Gasteiger partial charge on any atom is 0.237 e. The van der Waals surface area contributed by atoms with Gasteiger partial charge < -0.3 is 9.88 Å². The van der Waals surface area contributed by atoms with E-state index in [-0.39, 0.29) is 5.91 Å². The van der Waals surface area contributed by atoms with E-state index < -0.39 is 0 Å². The Morgan fingerprint density at radius 3 is 2.81 bits per heavy atom. The SMILES string of the molecule is O=C(CN1CCCC1)N1CCc2[nH]c3ccccc3c2C1.